The van der Waals surface area contributed by atoms with Crippen LogP contribution in [-0.4, -0.2) is 82.6 Å². The van der Waals surface area contributed by atoms with Gasteiger partial charge in [-0.25, -0.2) is 15.3 Å². The van der Waals surface area contributed by atoms with E-state index in [1.54, 1.807) is 36.9 Å². The molecule has 7 N–H and O–H groups in total. The van der Waals surface area contributed by atoms with E-state index in [4.69, 9.17) is 18.8 Å². The molecule has 0 atom stereocenters. The van der Waals surface area contributed by atoms with Crippen molar-refractivity contribution >= 4 is 55.1 Å². The van der Waals surface area contributed by atoms with Crippen LogP contribution in [0.3, 0.4) is 0 Å². The predicted molar refractivity (Wildman–Crippen MR) is 375 cm³/mol. The fourth-order valence-corrected chi connectivity index (χ4v) is 14.2. The Morgan fingerprint density at radius 1 is 0.361 bits per heavy atom. The molecule has 0 saturated heterocycles. The molecule has 0 radical (unpaired) electrons. The van der Waals surface area contributed by atoms with E-state index in [1.807, 2.05) is 200 Å². The maximum absolute atomic E-state index is 13.7. The number of hydrogen-bond acceptors (Lipinski definition) is 14. The summed E-state index contributed by atoms with van der Waals surface area (Å²) in [5.74, 6) is 0. The molecule has 0 spiro atoms. The fraction of sp³-hybridized carbons (Fsp3) is 0.137. The molecule has 490 valence electrons. The Morgan fingerprint density at radius 2 is 0.660 bits per heavy atom. The second-order valence-electron chi connectivity index (χ2n) is 23.2. The van der Waals surface area contributed by atoms with Gasteiger partial charge in [-0.2, -0.15) is 15.3 Å². The third-order valence-corrected chi connectivity index (χ3v) is 20.5. The zero-order valence-corrected chi connectivity index (χ0v) is 54.8. The summed E-state index contributed by atoms with van der Waals surface area (Å²) in [6.45, 7) is 0.439. The number of aromatic amines is 3. The van der Waals surface area contributed by atoms with Crippen LogP contribution >= 0.6 is 22.8 Å². The molecule has 0 fully saturated rings. The van der Waals surface area contributed by atoms with Crippen LogP contribution in [-0.2, 0) is 68.1 Å². The first-order chi connectivity index (χ1) is 46.8. The minimum Gasteiger partial charge on any atom is -0.324 e. The van der Waals surface area contributed by atoms with Crippen molar-refractivity contribution < 1.29 is 42.3 Å². The Morgan fingerprint density at radius 3 is 0.979 bits per heavy atom. The van der Waals surface area contributed by atoms with Gasteiger partial charge in [0.15, 0.2) is 0 Å². The van der Waals surface area contributed by atoms with Gasteiger partial charge >= 0.3 is 22.8 Å². The summed E-state index contributed by atoms with van der Waals surface area (Å²) in [7, 11) is -11.9. The molecule has 97 heavy (non-hydrogen) atoms. The quantitative estimate of drug-likeness (QED) is 0.0310. The van der Waals surface area contributed by atoms with Gasteiger partial charge in [-0.3, -0.25) is 43.0 Å². The Hall–Kier alpha value is -10.1. The molecule has 6 heterocycles. The lowest BCUT2D eigenvalue weighted by Gasteiger charge is -2.35. The summed E-state index contributed by atoms with van der Waals surface area (Å²) in [4.78, 5) is 87.8. The Bertz CT molecular complexity index is 5050. The predicted octanol–water partition coefficient (Wildman–Crippen LogP) is 12.8. The fourth-order valence-electron chi connectivity index (χ4n) is 10.9. The zero-order valence-electron chi connectivity index (χ0n) is 52.1. The number of nitrogens with one attached hydrogen (secondary N) is 3. The number of H-pyrrole nitrogens is 3. The number of fused-ring (bicyclic) bond motifs is 3. The van der Waals surface area contributed by atoms with Crippen molar-refractivity contribution in [2.45, 2.75) is 50.5 Å². The highest BCUT2D eigenvalue weighted by Crippen LogP contribution is 2.56. The number of hydrogen-bond donors (Lipinski definition) is 7. The molecule has 7 aromatic carbocycles. The van der Waals surface area contributed by atoms with Gasteiger partial charge in [0.05, 0.1) is 82.5 Å². The molecule has 21 nitrogen and oxygen atoms in total. The lowest BCUT2D eigenvalue weighted by atomic mass is 9.86. The van der Waals surface area contributed by atoms with Crippen LogP contribution < -0.4 is 16.7 Å². The number of benzene rings is 7. The van der Waals surface area contributed by atoms with Crippen molar-refractivity contribution in [1.82, 2.24) is 45.5 Å². The smallest absolute Gasteiger partial charge is 0.324 e. The van der Waals surface area contributed by atoms with Gasteiger partial charge in [0.1, 0.15) is 0 Å². The average molecular weight is 1350 g/mol. The third kappa shape index (κ3) is 18.5. The third-order valence-electron chi connectivity index (χ3n) is 16.2. The van der Waals surface area contributed by atoms with Crippen molar-refractivity contribution in [3.63, 3.8) is 0 Å². The van der Waals surface area contributed by atoms with E-state index >= 15 is 0 Å². The molecule has 0 aliphatic heterocycles. The van der Waals surface area contributed by atoms with Crippen molar-refractivity contribution in [3.05, 3.63) is 320 Å². The van der Waals surface area contributed by atoms with E-state index in [2.05, 4.69) is 45.5 Å². The first-order valence-electron chi connectivity index (χ1n) is 30.8. The largest absolute Gasteiger partial charge is 0.332 e. The number of rotatable bonds is 22. The molecule has 0 saturated carbocycles. The maximum Gasteiger partial charge on any atom is 0.332 e. The summed E-state index contributed by atoms with van der Waals surface area (Å²) >= 11 is 0. The average Bonchev–Trinajstić information content (AvgIpc) is 0.782. The first-order valence-corrected chi connectivity index (χ1v) is 35.9. The Kier molecular flexibility index (Phi) is 21.9. The number of aromatic nitrogens is 9. The summed E-state index contributed by atoms with van der Waals surface area (Å²) in [5, 5.41) is 20.9. The van der Waals surface area contributed by atoms with Crippen LogP contribution in [0.25, 0.3) is 66.1 Å². The summed E-state index contributed by atoms with van der Waals surface area (Å²) in [6.07, 6.45) is 11.0. The van der Waals surface area contributed by atoms with E-state index < -0.39 is 27.9 Å². The Labute approximate surface area is 556 Å². The maximum atomic E-state index is 13.7. The van der Waals surface area contributed by atoms with Gasteiger partial charge in [0.2, 0.25) is 0 Å². The minimum absolute atomic E-state index is 0.172. The standard InChI is InChI=1S/2C29H26N3O4P.C15H14N3O4P/c33-28-26-20-30-27(15-25(26)19-31-32-28)24-13-11-23(12-14-24)18-29(37(34,35)36,16-21-7-3-1-4-8-21)17-22-9-5-2-6-10-22;33-29-27-19-30-28(17-26(27)18-31-32-29)25-13-11-22(12-14-25)15-16-37(34,35-20-23-7-3-1-4-8-23)36-21-24-9-5-2-6-10-24;19-15-13-9-16-14(7-12(13)8-17-18-15)11-3-1-10(2-4-11)5-6-23(20,21)22/h1-15,19-20H,16-18H2,(H,32,33)(H2,34,35,36);1-14,17-19H,15-16,20-21H2,(H,32,33);1-4,7-9H,5-6H2,(H,18,19)(H2,20,21,22). The summed E-state index contributed by atoms with van der Waals surface area (Å²) in [6, 6.07) is 66.4. The first kappa shape index (κ1) is 68.3. The van der Waals surface area contributed by atoms with Crippen LogP contribution in [0.4, 0.5) is 0 Å². The molecule has 0 aliphatic rings. The van der Waals surface area contributed by atoms with Gasteiger partial charge < -0.3 is 28.6 Å². The van der Waals surface area contributed by atoms with E-state index in [0.717, 1.165) is 66.7 Å². The van der Waals surface area contributed by atoms with E-state index in [0.29, 0.717) is 51.2 Å². The second kappa shape index (κ2) is 31.2. The van der Waals surface area contributed by atoms with Crippen molar-refractivity contribution in [2.75, 3.05) is 12.3 Å². The van der Waals surface area contributed by atoms with Crippen molar-refractivity contribution in [1.29, 1.82) is 0 Å². The monoisotopic (exact) mass is 1350 g/mol. The molecular weight excluding hydrogens is 1290 g/mol. The minimum atomic E-state index is -4.56. The van der Waals surface area contributed by atoms with Crippen LogP contribution in [0.2, 0.25) is 0 Å². The molecule has 0 bridgehead atoms. The van der Waals surface area contributed by atoms with Crippen molar-refractivity contribution in [3.8, 4) is 33.8 Å². The van der Waals surface area contributed by atoms with Crippen LogP contribution in [0.1, 0.15) is 38.9 Å². The zero-order chi connectivity index (χ0) is 67.8. The highest BCUT2D eigenvalue weighted by molar-refractivity contribution is 7.54. The van der Waals surface area contributed by atoms with Gasteiger partial charge in [0, 0.05) is 51.4 Å². The topological polar surface area (TPSA) is 327 Å². The molecule has 13 rings (SSSR count). The molecule has 0 aliphatic carbocycles. The van der Waals surface area contributed by atoms with Gasteiger partial charge in [-0.1, -0.05) is 194 Å². The molecule has 0 amide bonds. The van der Waals surface area contributed by atoms with Crippen LogP contribution in [0.5, 0.6) is 0 Å². The van der Waals surface area contributed by atoms with Crippen molar-refractivity contribution in [2.24, 2.45) is 0 Å². The number of aryl methyl sites for hydroxylation is 2. The van der Waals surface area contributed by atoms with Gasteiger partial charge in [-0.15, -0.1) is 0 Å². The van der Waals surface area contributed by atoms with E-state index in [-0.39, 0.29) is 61.5 Å². The van der Waals surface area contributed by atoms with Crippen LogP contribution in [0.15, 0.2) is 264 Å². The normalized spacial score (nSPS) is 11.8. The molecule has 0 unspecified atom stereocenters. The lowest BCUT2D eigenvalue weighted by molar-refractivity contribution is 0.191. The second-order valence-corrected chi connectivity index (χ2v) is 29.2. The SMILES string of the molecule is O=c1[nH]ncc2cc(-c3ccc(CC(Cc4ccccc4)(Cc4ccccc4)P(=O)(O)O)cc3)ncc12.O=c1[nH]ncc2cc(-c3ccc(CCP(=O)(O)O)cc3)ncc12.O=c1[nH]ncc2cc(-c3ccc(CCP(=O)(OCc4ccccc4)OCc4ccccc4)cc3)ncc12. The van der Waals surface area contributed by atoms with E-state index in [9.17, 15) is 37.9 Å². The number of nitrogens with zero attached hydrogens (tertiary/aromatic N) is 6. The highest BCUT2D eigenvalue weighted by Gasteiger charge is 2.47. The van der Waals surface area contributed by atoms with Gasteiger partial charge in [0.25, 0.3) is 16.7 Å². The van der Waals surface area contributed by atoms with E-state index in [1.165, 1.54) is 12.4 Å². The number of pyridine rings is 3. The Balaban J connectivity index is 0.000000152. The highest BCUT2D eigenvalue weighted by atomic mass is 31.2. The molecule has 6 aromatic heterocycles. The molecular formula is C73H66N9O12P3. The van der Waals surface area contributed by atoms with Crippen LogP contribution in [0, 0.1) is 0 Å². The summed E-state index contributed by atoms with van der Waals surface area (Å²) < 4.78 is 49.5. The molecule has 13 aromatic rings. The van der Waals surface area contributed by atoms with Gasteiger partial charge in [-0.05, 0) is 89.2 Å². The summed E-state index contributed by atoms with van der Waals surface area (Å²) in [5.41, 5.74) is 10.2. The lowest BCUT2D eigenvalue weighted by Crippen LogP contribution is -2.37. The molecule has 24 heteroatoms.